The summed E-state index contributed by atoms with van der Waals surface area (Å²) in [5.74, 6) is -0.436. The Balaban J connectivity index is 2.32. The lowest BCUT2D eigenvalue weighted by Crippen LogP contribution is -2.27. The van der Waals surface area contributed by atoms with E-state index in [1.54, 1.807) is 6.07 Å². The Hall–Kier alpha value is -1.04. The first kappa shape index (κ1) is 14.4. The maximum Gasteiger partial charge on any atom is 0.245 e. The number of primary amides is 1. The minimum atomic E-state index is -0.588. The van der Waals surface area contributed by atoms with Gasteiger partial charge in [0.05, 0.1) is 10.7 Å². The summed E-state index contributed by atoms with van der Waals surface area (Å²) in [4.78, 5) is 13.6. The highest BCUT2D eigenvalue weighted by Gasteiger charge is 2.21. The lowest BCUT2D eigenvalue weighted by atomic mass is 10.2. The van der Waals surface area contributed by atoms with E-state index in [1.807, 2.05) is 31.2 Å². The van der Waals surface area contributed by atoms with Gasteiger partial charge in [0.1, 0.15) is 6.04 Å². The summed E-state index contributed by atoms with van der Waals surface area (Å²) < 4.78 is 0.972. The number of anilines is 1. The van der Waals surface area contributed by atoms with Crippen molar-refractivity contribution in [1.82, 2.24) is 0 Å². The molecule has 0 saturated carbocycles. The SMILES string of the molecule is Cc1sc(C(Nc2ccccc2Cl)C(N)=O)cc1Br. The van der Waals surface area contributed by atoms with E-state index in [-0.39, 0.29) is 0 Å². The zero-order valence-corrected chi connectivity index (χ0v) is 13.3. The Morgan fingerprint density at radius 2 is 2.16 bits per heavy atom. The highest BCUT2D eigenvalue weighted by Crippen LogP contribution is 2.33. The maximum atomic E-state index is 11.6. The molecule has 1 atom stereocenters. The molecule has 0 aliphatic carbocycles. The van der Waals surface area contributed by atoms with Gasteiger partial charge in [-0.15, -0.1) is 11.3 Å². The molecule has 1 aromatic heterocycles. The van der Waals surface area contributed by atoms with Gasteiger partial charge in [-0.25, -0.2) is 0 Å². The highest BCUT2D eigenvalue weighted by atomic mass is 79.9. The molecule has 19 heavy (non-hydrogen) atoms. The summed E-state index contributed by atoms with van der Waals surface area (Å²) in [6.45, 7) is 1.98. The second kappa shape index (κ2) is 5.94. The third-order valence-electron chi connectivity index (χ3n) is 2.62. The van der Waals surface area contributed by atoms with Gasteiger partial charge in [-0.1, -0.05) is 23.7 Å². The number of hydrogen-bond acceptors (Lipinski definition) is 3. The van der Waals surface area contributed by atoms with Crippen LogP contribution in [0.4, 0.5) is 5.69 Å². The quantitative estimate of drug-likeness (QED) is 0.863. The fourth-order valence-electron chi connectivity index (χ4n) is 1.64. The molecule has 0 fully saturated rings. The van der Waals surface area contributed by atoms with E-state index < -0.39 is 11.9 Å². The Kier molecular flexibility index (Phi) is 4.50. The molecule has 0 bridgehead atoms. The molecule has 1 heterocycles. The van der Waals surface area contributed by atoms with Crippen LogP contribution in [-0.2, 0) is 4.79 Å². The number of amides is 1. The van der Waals surface area contributed by atoms with Gasteiger partial charge in [0, 0.05) is 14.2 Å². The fourth-order valence-corrected chi connectivity index (χ4v) is 3.45. The minimum absolute atomic E-state index is 0.436. The predicted octanol–water partition coefficient (Wildman–Crippen LogP) is 4.11. The van der Waals surface area contributed by atoms with E-state index in [4.69, 9.17) is 17.3 Å². The van der Waals surface area contributed by atoms with Crippen molar-refractivity contribution in [3.05, 3.63) is 49.6 Å². The van der Waals surface area contributed by atoms with Gasteiger partial charge in [-0.05, 0) is 41.1 Å². The molecule has 1 unspecified atom stereocenters. The molecule has 0 aliphatic heterocycles. The van der Waals surface area contributed by atoms with Crippen molar-refractivity contribution in [2.45, 2.75) is 13.0 Å². The van der Waals surface area contributed by atoms with Crippen molar-refractivity contribution in [2.75, 3.05) is 5.32 Å². The first-order chi connectivity index (χ1) is 8.99. The summed E-state index contributed by atoms with van der Waals surface area (Å²) in [7, 11) is 0. The number of thiophene rings is 1. The Labute approximate surface area is 128 Å². The standard InChI is InChI=1S/C13H12BrClN2OS/c1-7-8(14)6-11(19-7)12(13(16)18)17-10-5-3-2-4-9(10)15/h2-6,12,17H,1H3,(H2,16,18). The van der Waals surface area contributed by atoms with Crippen LogP contribution in [0.5, 0.6) is 0 Å². The van der Waals surface area contributed by atoms with Crippen molar-refractivity contribution < 1.29 is 4.79 Å². The molecule has 1 aromatic carbocycles. The summed E-state index contributed by atoms with van der Waals surface area (Å²) in [6.07, 6.45) is 0. The van der Waals surface area contributed by atoms with Gasteiger partial charge in [-0.3, -0.25) is 4.79 Å². The molecule has 3 N–H and O–H groups in total. The zero-order valence-electron chi connectivity index (χ0n) is 10.1. The molecule has 0 aliphatic rings. The molecule has 3 nitrogen and oxygen atoms in total. The second-order valence-electron chi connectivity index (χ2n) is 4.01. The summed E-state index contributed by atoms with van der Waals surface area (Å²) in [6, 6.07) is 8.57. The number of carbonyl (C=O) groups excluding carboxylic acids is 1. The first-order valence-corrected chi connectivity index (χ1v) is 7.54. The van der Waals surface area contributed by atoms with Gasteiger partial charge in [-0.2, -0.15) is 0 Å². The van der Waals surface area contributed by atoms with Crippen LogP contribution < -0.4 is 11.1 Å². The third kappa shape index (κ3) is 3.29. The molecule has 0 saturated heterocycles. The number of rotatable bonds is 4. The lowest BCUT2D eigenvalue weighted by Gasteiger charge is -2.16. The largest absolute Gasteiger partial charge is 0.368 e. The predicted molar refractivity (Wildman–Crippen MR) is 83.8 cm³/mol. The number of nitrogens with one attached hydrogen (secondary N) is 1. The minimum Gasteiger partial charge on any atom is -0.368 e. The van der Waals surface area contributed by atoms with Gasteiger partial charge < -0.3 is 11.1 Å². The number of para-hydroxylation sites is 1. The summed E-state index contributed by atoms with van der Waals surface area (Å²) in [5.41, 5.74) is 6.16. The van der Waals surface area contributed by atoms with Gasteiger partial charge >= 0.3 is 0 Å². The van der Waals surface area contributed by atoms with Crippen LogP contribution in [0.1, 0.15) is 15.8 Å². The smallest absolute Gasteiger partial charge is 0.245 e. The topological polar surface area (TPSA) is 55.1 Å². The average Bonchev–Trinajstić information content (AvgIpc) is 2.68. The van der Waals surface area contributed by atoms with Crippen LogP contribution in [0.15, 0.2) is 34.8 Å². The van der Waals surface area contributed by atoms with E-state index in [1.165, 1.54) is 11.3 Å². The number of benzene rings is 1. The molecular formula is C13H12BrClN2OS. The molecule has 0 radical (unpaired) electrons. The van der Waals surface area contributed by atoms with Crippen LogP contribution in [0.2, 0.25) is 5.02 Å². The molecule has 6 heteroatoms. The van der Waals surface area contributed by atoms with Crippen LogP contribution in [-0.4, -0.2) is 5.91 Å². The Morgan fingerprint density at radius 3 is 2.68 bits per heavy atom. The van der Waals surface area contributed by atoms with Crippen molar-refractivity contribution in [3.8, 4) is 0 Å². The van der Waals surface area contributed by atoms with Gasteiger partial charge in [0.25, 0.3) is 0 Å². The molecule has 1 amide bonds. The number of hydrogen-bond donors (Lipinski definition) is 2. The maximum absolute atomic E-state index is 11.6. The van der Waals surface area contributed by atoms with Gasteiger partial charge in [0.15, 0.2) is 0 Å². The van der Waals surface area contributed by atoms with Crippen molar-refractivity contribution >= 4 is 50.5 Å². The number of nitrogens with two attached hydrogens (primary N) is 1. The van der Waals surface area contributed by atoms with Crippen LogP contribution in [0.3, 0.4) is 0 Å². The number of halogens is 2. The third-order valence-corrected chi connectivity index (χ3v) is 5.15. The lowest BCUT2D eigenvalue weighted by molar-refractivity contribution is -0.118. The number of carbonyl (C=O) groups is 1. The highest BCUT2D eigenvalue weighted by molar-refractivity contribution is 9.10. The first-order valence-electron chi connectivity index (χ1n) is 5.55. The summed E-state index contributed by atoms with van der Waals surface area (Å²) in [5, 5.41) is 3.64. The number of aryl methyl sites for hydroxylation is 1. The van der Waals surface area contributed by atoms with Crippen molar-refractivity contribution in [2.24, 2.45) is 5.73 Å². The average molecular weight is 360 g/mol. The Morgan fingerprint density at radius 1 is 1.47 bits per heavy atom. The van der Waals surface area contributed by atoms with Crippen LogP contribution in [0.25, 0.3) is 0 Å². The van der Waals surface area contributed by atoms with Crippen molar-refractivity contribution in [1.29, 1.82) is 0 Å². The van der Waals surface area contributed by atoms with E-state index in [0.717, 1.165) is 14.2 Å². The molecule has 100 valence electrons. The van der Waals surface area contributed by atoms with Crippen LogP contribution in [0, 0.1) is 6.92 Å². The van der Waals surface area contributed by atoms with E-state index in [0.29, 0.717) is 10.7 Å². The second-order valence-corrected chi connectivity index (χ2v) is 6.56. The summed E-state index contributed by atoms with van der Waals surface area (Å²) >= 11 is 11.0. The van der Waals surface area contributed by atoms with Gasteiger partial charge in [0.2, 0.25) is 5.91 Å². The van der Waals surface area contributed by atoms with E-state index >= 15 is 0 Å². The van der Waals surface area contributed by atoms with E-state index in [9.17, 15) is 4.79 Å². The van der Waals surface area contributed by atoms with E-state index in [2.05, 4.69) is 21.2 Å². The zero-order chi connectivity index (χ0) is 14.0. The molecule has 2 rings (SSSR count). The monoisotopic (exact) mass is 358 g/mol. The fraction of sp³-hybridized carbons (Fsp3) is 0.154. The molecule has 2 aromatic rings. The normalized spacial score (nSPS) is 12.2. The van der Waals surface area contributed by atoms with Crippen molar-refractivity contribution in [3.63, 3.8) is 0 Å². The Bertz CT molecular complexity index is 595. The molecule has 0 spiro atoms. The molecular weight excluding hydrogens is 348 g/mol. The van der Waals surface area contributed by atoms with Crippen LogP contribution >= 0.6 is 38.9 Å².